The molecular weight excluding hydrogens is 324 g/mol. The normalized spacial score (nSPS) is 17.5. The monoisotopic (exact) mass is 348 g/mol. The van der Waals surface area contributed by atoms with E-state index in [9.17, 15) is 8.42 Å². The fraction of sp³-hybridized carbons (Fsp3) is 0.529. The molecule has 0 saturated heterocycles. The third kappa shape index (κ3) is 3.67. The molecule has 0 aliphatic heterocycles. The zero-order valence-corrected chi connectivity index (χ0v) is 14.9. The lowest BCUT2D eigenvalue weighted by Gasteiger charge is -2.23. The van der Waals surface area contributed by atoms with E-state index < -0.39 is 10.0 Å². The molecular formula is C17H24N4O2S. The van der Waals surface area contributed by atoms with Gasteiger partial charge < -0.3 is 4.57 Å². The molecule has 1 aliphatic rings. The summed E-state index contributed by atoms with van der Waals surface area (Å²) < 4.78 is 30.2. The Morgan fingerprint density at radius 3 is 2.54 bits per heavy atom. The van der Waals surface area contributed by atoms with Gasteiger partial charge in [-0.05, 0) is 44.7 Å². The summed E-state index contributed by atoms with van der Waals surface area (Å²) in [5.41, 5.74) is 0.774. The van der Waals surface area contributed by atoms with E-state index in [0.717, 1.165) is 31.4 Å². The minimum absolute atomic E-state index is 0.0649. The second-order valence-corrected chi connectivity index (χ2v) is 8.31. The first kappa shape index (κ1) is 17.1. The summed E-state index contributed by atoms with van der Waals surface area (Å²) in [5, 5.41) is 0.0649. The number of pyridine rings is 1. The highest BCUT2D eigenvalue weighted by Crippen LogP contribution is 2.35. The molecule has 0 radical (unpaired) electrons. The summed E-state index contributed by atoms with van der Waals surface area (Å²) in [6.45, 7) is 3.97. The van der Waals surface area contributed by atoms with Crippen molar-refractivity contribution in [1.82, 2.24) is 19.3 Å². The van der Waals surface area contributed by atoms with Gasteiger partial charge in [0.15, 0.2) is 5.03 Å². The molecule has 24 heavy (non-hydrogen) atoms. The van der Waals surface area contributed by atoms with Crippen molar-refractivity contribution < 1.29 is 8.42 Å². The van der Waals surface area contributed by atoms with Gasteiger partial charge in [0.2, 0.25) is 0 Å². The molecule has 2 heterocycles. The SMILES string of the molecule is CC(C)n1cnc(S(=O)(=O)N[C@H](c2ccccn2)C2CCCC2)c1. The summed E-state index contributed by atoms with van der Waals surface area (Å²) in [6.07, 6.45) is 9.16. The number of nitrogens with one attached hydrogen (secondary N) is 1. The van der Waals surface area contributed by atoms with Crippen molar-refractivity contribution in [3.05, 3.63) is 42.6 Å². The van der Waals surface area contributed by atoms with E-state index in [1.54, 1.807) is 23.3 Å². The van der Waals surface area contributed by atoms with Crippen LogP contribution in [-0.2, 0) is 10.0 Å². The highest BCUT2D eigenvalue weighted by Gasteiger charge is 2.32. The summed E-state index contributed by atoms with van der Waals surface area (Å²) in [5.74, 6) is 0.279. The lowest BCUT2D eigenvalue weighted by molar-refractivity contribution is 0.402. The Balaban J connectivity index is 1.88. The van der Waals surface area contributed by atoms with Gasteiger partial charge in [0.05, 0.1) is 18.1 Å². The van der Waals surface area contributed by atoms with Crippen LogP contribution in [0.25, 0.3) is 0 Å². The molecule has 1 N–H and O–H groups in total. The predicted octanol–water partition coefficient (Wildman–Crippen LogP) is 3.07. The molecule has 0 bridgehead atoms. The molecule has 0 spiro atoms. The zero-order chi connectivity index (χ0) is 17.2. The van der Waals surface area contributed by atoms with Gasteiger partial charge in [0.1, 0.15) is 0 Å². The Labute approximate surface area is 143 Å². The minimum atomic E-state index is -3.68. The second kappa shape index (κ2) is 7.03. The molecule has 1 saturated carbocycles. The van der Waals surface area contributed by atoms with Gasteiger partial charge >= 0.3 is 0 Å². The number of nitrogens with zero attached hydrogens (tertiary/aromatic N) is 3. The lowest BCUT2D eigenvalue weighted by Crippen LogP contribution is -2.33. The number of aromatic nitrogens is 3. The maximum Gasteiger partial charge on any atom is 0.260 e. The van der Waals surface area contributed by atoms with Crippen molar-refractivity contribution in [3.63, 3.8) is 0 Å². The summed E-state index contributed by atoms with van der Waals surface area (Å²) in [6, 6.07) is 5.49. The first-order valence-corrected chi connectivity index (χ1v) is 9.92. The highest BCUT2D eigenvalue weighted by atomic mass is 32.2. The average molecular weight is 348 g/mol. The van der Waals surface area contributed by atoms with Crippen LogP contribution in [0.15, 0.2) is 41.9 Å². The van der Waals surface area contributed by atoms with Crippen LogP contribution in [-0.4, -0.2) is 23.0 Å². The first-order valence-electron chi connectivity index (χ1n) is 8.44. The number of hydrogen-bond acceptors (Lipinski definition) is 4. The zero-order valence-electron chi connectivity index (χ0n) is 14.1. The van der Waals surface area contributed by atoms with Crippen molar-refractivity contribution in [1.29, 1.82) is 0 Å². The molecule has 1 aliphatic carbocycles. The molecule has 6 nitrogen and oxygen atoms in total. The molecule has 0 amide bonds. The van der Waals surface area contributed by atoms with E-state index in [4.69, 9.17) is 0 Å². The topological polar surface area (TPSA) is 76.9 Å². The van der Waals surface area contributed by atoms with Gasteiger partial charge in [-0.2, -0.15) is 0 Å². The van der Waals surface area contributed by atoms with Crippen LogP contribution in [0.2, 0.25) is 0 Å². The fourth-order valence-corrected chi connectivity index (χ4v) is 4.43. The maximum absolute atomic E-state index is 12.8. The Hall–Kier alpha value is -1.73. The summed E-state index contributed by atoms with van der Waals surface area (Å²) >= 11 is 0. The molecule has 130 valence electrons. The van der Waals surface area contributed by atoms with Crippen LogP contribution in [0.1, 0.15) is 57.3 Å². The van der Waals surface area contributed by atoms with E-state index in [2.05, 4.69) is 14.7 Å². The van der Waals surface area contributed by atoms with Crippen molar-refractivity contribution in [3.8, 4) is 0 Å². The molecule has 7 heteroatoms. The fourth-order valence-electron chi connectivity index (χ4n) is 3.22. The molecule has 1 atom stereocenters. The van der Waals surface area contributed by atoms with Gasteiger partial charge in [-0.15, -0.1) is 0 Å². The standard InChI is InChI=1S/C17H24N4O2S/c1-13(2)21-11-16(19-12-21)24(22,23)20-17(14-7-3-4-8-14)15-9-5-6-10-18-15/h5-6,9-14,17,20H,3-4,7-8H2,1-2H3/t17-/m0/s1. The second-order valence-electron chi connectivity index (χ2n) is 6.65. The van der Waals surface area contributed by atoms with Gasteiger partial charge in [-0.25, -0.2) is 18.1 Å². The summed E-state index contributed by atoms with van der Waals surface area (Å²) in [7, 11) is -3.68. The number of hydrogen-bond donors (Lipinski definition) is 1. The van der Waals surface area contributed by atoms with Gasteiger partial charge in [0.25, 0.3) is 10.0 Å². The van der Waals surface area contributed by atoms with Gasteiger partial charge in [-0.3, -0.25) is 4.98 Å². The van der Waals surface area contributed by atoms with E-state index >= 15 is 0 Å². The van der Waals surface area contributed by atoms with Gasteiger partial charge in [0, 0.05) is 18.4 Å². The lowest BCUT2D eigenvalue weighted by atomic mass is 9.96. The summed E-state index contributed by atoms with van der Waals surface area (Å²) in [4.78, 5) is 8.46. The van der Waals surface area contributed by atoms with Crippen molar-refractivity contribution in [2.24, 2.45) is 5.92 Å². The van der Waals surface area contributed by atoms with Crippen LogP contribution >= 0.6 is 0 Å². The van der Waals surface area contributed by atoms with Crippen LogP contribution in [0.3, 0.4) is 0 Å². The quantitative estimate of drug-likeness (QED) is 0.870. The Kier molecular flexibility index (Phi) is 5.01. The minimum Gasteiger partial charge on any atom is -0.334 e. The van der Waals surface area contributed by atoms with Crippen LogP contribution in [0.5, 0.6) is 0 Å². The van der Waals surface area contributed by atoms with E-state index in [-0.39, 0.29) is 23.0 Å². The molecule has 3 rings (SSSR count). The van der Waals surface area contributed by atoms with Gasteiger partial charge in [-0.1, -0.05) is 18.9 Å². The number of imidazole rings is 1. The molecule has 2 aromatic heterocycles. The van der Waals surface area contributed by atoms with Crippen LogP contribution in [0.4, 0.5) is 0 Å². The maximum atomic E-state index is 12.8. The van der Waals surface area contributed by atoms with Crippen LogP contribution < -0.4 is 4.72 Å². The molecule has 1 fully saturated rings. The predicted molar refractivity (Wildman–Crippen MR) is 91.9 cm³/mol. The number of rotatable bonds is 6. The first-order chi connectivity index (χ1) is 11.5. The van der Waals surface area contributed by atoms with Crippen molar-refractivity contribution in [2.45, 2.75) is 56.6 Å². The Morgan fingerprint density at radius 2 is 1.96 bits per heavy atom. The van der Waals surface area contributed by atoms with E-state index in [1.165, 1.54) is 0 Å². The van der Waals surface area contributed by atoms with Crippen molar-refractivity contribution in [2.75, 3.05) is 0 Å². The molecule has 2 aromatic rings. The van der Waals surface area contributed by atoms with E-state index in [1.807, 2.05) is 32.0 Å². The van der Waals surface area contributed by atoms with Crippen molar-refractivity contribution >= 4 is 10.0 Å². The third-order valence-electron chi connectivity index (χ3n) is 4.61. The Morgan fingerprint density at radius 1 is 1.21 bits per heavy atom. The smallest absolute Gasteiger partial charge is 0.260 e. The largest absolute Gasteiger partial charge is 0.334 e. The van der Waals surface area contributed by atoms with E-state index in [0.29, 0.717) is 0 Å². The number of sulfonamides is 1. The molecule has 0 unspecified atom stereocenters. The highest BCUT2D eigenvalue weighted by molar-refractivity contribution is 7.89. The Bertz CT molecular complexity index is 765. The van der Waals surface area contributed by atoms with Crippen LogP contribution in [0, 0.1) is 5.92 Å². The average Bonchev–Trinajstić information content (AvgIpc) is 3.25. The molecule has 0 aromatic carbocycles. The third-order valence-corrected chi connectivity index (χ3v) is 5.93.